The lowest BCUT2D eigenvalue weighted by Gasteiger charge is -2.12. The highest BCUT2D eigenvalue weighted by atomic mass is 32.1. The van der Waals surface area contributed by atoms with Gasteiger partial charge in [0, 0.05) is 34.0 Å². The summed E-state index contributed by atoms with van der Waals surface area (Å²) in [6.45, 7) is 8.14. The fourth-order valence-corrected chi connectivity index (χ4v) is 6.02. The van der Waals surface area contributed by atoms with Crippen molar-refractivity contribution in [2.24, 2.45) is 0 Å². The molecule has 0 spiro atoms. The SMILES string of the molecule is COc1ccc(Oc2cc(C)c(-c3csc(N)n3)c(C)c2)nc1.COc1ccc(Oc2cc(C)c(-c3csc(N)n3)c(C)c2)nc1. The number of thiazole rings is 2. The Hall–Kier alpha value is -5.20. The van der Waals surface area contributed by atoms with Crippen molar-refractivity contribution in [1.29, 1.82) is 0 Å². The number of hydrogen-bond donors (Lipinski definition) is 2. The number of aryl methyl sites for hydroxylation is 4. The van der Waals surface area contributed by atoms with Gasteiger partial charge in [-0.1, -0.05) is 0 Å². The predicted octanol–water partition coefficient (Wildman–Crippen LogP) is 8.41. The van der Waals surface area contributed by atoms with Gasteiger partial charge in [0.05, 0.1) is 38.0 Å². The molecule has 4 aromatic heterocycles. The van der Waals surface area contributed by atoms with E-state index in [2.05, 4.69) is 19.9 Å². The van der Waals surface area contributed by atoms with E-state index in [-0.39, 0.29) is 0 Å². The number of nitrogens with two attached hydrogens (primary N) is 2. The molecule has 12 heteroatoms. The molecule has 0 fully saturated rings. The van der Waals surface area contributed by atoms with Gasteiger partial charge in [-0.3, -0.25) is 0 Å². The summed E-state index contributed by atoms with van der Waals surface area (Å²) >= 11 is 2.88. The number of rotatable bonds is 8. The zero-order chi connectivity index (χ0) is 32.8. The molecule has 236 valence electrons. The monoisotopic (exact) mass is 654 g/mol. The minimum absolute atomic E-state index is 0.523. The topological polar surface area (TPSA) is 141 Å². The van der Waals surface area contributed by atoms with Crippen LogP contribution in [-0.4, -0.2) is 34.2 Å². The Morgan fingerprint density at radius 3 is 1.17 bits per heavy atom. The van der Waals surface area contributed by atoms with Crippen LogP contribution in [0.25, 0.3) is 22.5 Å². The van der Waals surface area contributed by atoms with Gasteiger partial charge in [0.25, 0.3) is 0 Å². The number of nitrogen functional groups attached to an aromatic ring is 2. The first kappa shape index (κ1) is 32.2. The fourth-order valence-electron chi connectivity index (χ4n) is 4.92. The Bertz CT molecular complexity index is 1750. The van der Waals surface area contributed by atoms with Crippen molar-refractivity contribution >= 4 is 32.9 Å². The third-order valence-corrected chi connectivity index (χ3v) is 8.25. The molecule has 6 aromatic rings. The Morgan fingerprint density at radius 2 is 0.913 bits per heavy atom. The number of ether oxygens (including phenoxy) is 4. The van der Waals surface area contributed by atoms with E-state index in [0.717, 1.165) is 56.3 Å². The van der Waals surface area contributed by atoms with E-state index in [1.165, 1.54) is 22.7 Å². The van der Waals surface area contributed by atoms with Crippen molar-refractivity contribution in [2.75, 3.05) is 25.7 Å². The van der Waals surface area contributed by atoms with Gasteiger partial charge in [0.15, 0.2) is 10.3 Å². The van der Waals surface area contributed by atoms with Crippen LogP contribution < -0.4 is 30.4 Å². The molecule has 0 radical (unpaired) electrons. The number of hydrogen-bond acceptors (Lipinski definition) is 12. The maximum atomic E-state index is 5.83. The van der Waals surface area contributed by atoms with Crippen molar-refractivity contribution in [3.8, 4) is 57.3 Å². The smallest absolute Gasteiger partial charge is 0.219 e. The first-order valence-electron chi connectivity index (χ1n) is 14.1. The molecular formula is C34H34N6O4S2. The molecule has 2 aromatic carbocycles. The molecule has 0 unspecified atom stereocenters. The van der Waals surface area contributed by atoms with Gasteiger partial charge in [-0.05, 0) is 86.3 Å². The van der Waals surface area contributed by atoms with Gasteiger partial charge in [0.1, 0.15) is 23.0 Å². The van der Waals surface area contributed by atoms with Crippen LogP contribution in [0.5, 0.6) is 34.8 Å². The summed E-state index contributed by atoms with van der Waals surface area (Å²) in [6.07, 6.45) is 3.25. The number of pyridine rings is 2. The van der Waals surface area contributed by atoms with Crippen molar-refractivity contribution in [1.82, 2.24) is 19.9 Å². The number of anilines is 2. The molecule has 0 saturated carbocycles. The second-order valence-corrected chi connectivity index (χ2v) is 12.1. The van der Waals surface area contributed by atoms with E-state index in [9.17, 15) is 0 Å². The quantitative estimate of drug-likeness (QED) is 0.164. The highest BCUT2D eigenvalue weighted by Gasteiger charge is 2.13. The summed E-state index contributed by atoms with van der Waals surface area (Å²) < 4.78 is 21.8. The summed E-state index contributed by atoms with van der Waals surface area (Å²) in [4.78, 5) is 17.2. The molecule has 46 heavy (non-hydrogen) atoms. The molecule has 10 nitrogen and oxygen atoms in total. The van der Waals surface area contributed by atoms with Crippen molar-refractivity contribution in [3.05, 3.63) is 93.9 Å². The molecule has 4 heterocycles. The van der Waals surface area contributed by atoms with Gasteiger partial charge < -0.3 is 30.4 Å². The molecule has 6 rings (SSSR count). The van der Waals surface area contributed by atoms with Gasteiger partial charge in [-0.2, -0.15) is 0 Å². The highest BCUT2D eigenvalue weighted by molar-refractivity contribution is 7.14. The second-order valence-electron chi connectivity index (χ2n) is 10.3. The lowest BCUT2D eigenvalue weighted by Crippen LogP contribution is -1.94. The first-order valence-corrected chi connectivity index (χ1v) is 15.9. The lowest BCUT2D eigenvalue weighted by molar-refractivity contribution is 0.407. The summed E-state index contributed by atoms with van der Waals surface area (Å²) in [5.41, 5.74) is 19.8. The zero-order valence-electron chi connectivity index (χ0n) is 26.3. The number of methoxy groups -OCH3 is 2. The molecule has 0 aliphatic heterocycles. The van der Waals surface area contributed by atoms with E-state index in [4.69, 9.17) is 30.4 Å². The molecule has 0 atom stereocenters. The minimum Gasteiger partial charge on any atom is -0.495 e. The van der Waals surface area contributed by atoms with E-state index in [0.29, 0.717) is 33.5 Å². The van der Waals surface area contributed by atoms with Crippen LogP contribution in [0.4, 0.5) is 10.3 Å². The standard InChI is InChI=1S/2C17H17N3O2S/c2*1-10-6-13(22-15-5-4-12(21-3)8-19-15)7-11(2)16(10)14-9-23-17(18)20-14/h2*4-9H,1-3H3,(H2,18,20). The molecule has 4 N–H and O–H groups in total. The Kier molecular flexibility index (Phi) is 9.99. The molecule has 0 aliphatic carbocycles. The normalized spacial score (nSPS) is 10.6. The minimum atomic E-state index is 0.523. The first-order chi connectivity index (χ1) is 22.1. The van der Waals surface area contributed by atoms with Crippen molar-refractivity contribution < 1.29 is 18.9 Å². The summed E-state index contributed by atoms with van der Waals surface area (Å²) in [5.74, 6) is 3.92. The second kappa shape index (κ2) is 14.3. The Morgan fingerprint density at radius 1 is 0.543 bits per heavy atom. The van der Waals surface area contributed by atoms with E-state index in [1.807, 2.05) is 74.9 Å². The van der Waals surface area contributed by atoms with E-state index in [1.54, 1.807) is 38.7 Å². The Labute approximate surface area is 275 Å². The number of aromatic nitrogens is 4. The van der Waals surface area contributed by atoms with Crippen LogP contribution in [0.3, 0.4) is 0 Å². The molecule has 0 saturated heterocycles. The van der Waals surface area contributed by atoms with Crippen LogP contribution >= 0.6 is 22.7 Å². The maximum Gasteiger partial charge on any atom is 0.219 e. The van der Waals surface area contributed by atoms with Gasteiger partial charge in [-0.15, -0.1) is 22.7 Å². The van der Waals surface area contributed by atoms with Gasteiger partial charge >= 0.3 is 0 Å². The van der Waals surface area contributed by atoms with E-state index < -0.39 is 0 Å². The maximum absolute atomic E-state index is 5.83. The molecule has 0 amide bonds. The third-order valence-electron chi connectivity index (χ3n) is 6.90. The predicted molar refractivity (Wildman–Crippen MR) is 185 cm³/mol. The van der Waals surface area contributed by atoms with Gasteiger partial charge in [0.2, 0.25) is 11.8 Å². The molecule has 0 aliphatic rings. The fraction of sp³-hybridized carbons (Fsp3) is 0.176. The average Bonchev–Trinajstić information content (AvgIpc) is 3.65. The average molecular weight is 655 g/mol. The Balaban J connectivity index is 0.000000181. The number of nitrogens with zero attached hydrogens (tertiary/aromatic N) is 4. The van der Waals surface area contributed by atoms with Crippen LogP contribution in [-0.2, 0) is 0 Å². The molecule has 0 bridgehead atoms. The van der Waals surface area contributed by atoms with Crippen molar-refractivity contribution in [3.63, 3.8) is 0 Å². The van der Waals surface area contributed by atoms with Gasteiger partial charge in [-0.25, -0.2) is 19.9 Å². The summed E-state index contributed by atoms with van der Waals surface area (Å²) in [7, 11) is 3.21. The van der Waals surface area contributed by atoms with Crippen molar-refractivity contribution in [2.45, 2.75) is 27.7 Å². The zero-order valence-corrected chi connectivity index (χ0v) is 28.0. The molecular weight excluding hydrogens is 621 g/mol. The third kappa shape index (κ3) is 7.71. The number of benzene rings is 2. The van der Waals surface area contributed by atoms with Crippen LogP contribution in [0.15, 0.2) is 71.7 Å². The highest BCUT2D eigenvalue weighted by Crippen LogP contribution is 2.35. The van der Waals surface area contributed by atoms with E-state index >= 15 is 0 Å². The van der Waals surface area contributed by atoms with Crippen LogP contribution in [0.1, 0.15) is 22.3 Å². The van der Waals surface area contributed by atoms with Crippen LogP contribution in [0, 0.1) is 27.7 Å². The largest absolute Gasteiger partial charge is 0.495 e. The summed E-state index contributed by atoms with van der Waals surface area (Å²) in [6, 6.07) is 15.1. The lowest BCUT2D eigenvalue weighted by atomic mass is 10.0. The summed E-state index contributed by atoms with van der Waals surface area (Å²) in [5, 5.41) is 5.08. The van der Waals surface area contributed by atoms with Crippen LogP contribution in [0.2, 0.25) is 0 Å².